The Bertz CT molecular complexity index is 410. The van der Waals surface area contributed by atoms with Crippen LogP contribution in [0.25, 0.3) is 0 Å². The van der Waals surface area contributed by atoms with E-state index < -0.39 is 4.92 Å². The molecule has 0 aliphatic heterocycles. The van der Waals surface area contributed by atoms with Crippen molar-refractivity contribution in [1.82, 2.24) is 4.98 Å². The first kappa shape index (κ1) is 13.7. The van der Waals surface area contributed by atoms with Gasteiger partial charge in [0.1, 0.15) is 5.69 Å². The molecule has 94 valence electrons. The van der Waals surface area contributed by atoms with Gasteiger partial charge in [-0.1, -0.05) is 31.4 Å². The van der Waals surface area contributed by atoms with E-state index in [0.717, 1.165) is 19.3 Å². The zero-order valence-electron chi connectivity index (χ0n) is 9.99. The summed E-state index contributed by atoms with van der Waals surface area (Å²) in [6.07, 6.45) is 3.19. The van der Waals surface area contributed by atoms with Crippen LogP contribution >= 0.6 is 11.6 Å². The lowest BCUT2D eigenvalue weighted by molar-refractivity contribution is -0.384. The Kier molecular flexibility index (Phi) is 5.15. The molecule has 1 heterocycles. The number of pyridine rings is 1. The van der Waals surface area contributed by atoms with E-state index in [1.165, 1.54) is 0 Å². The summed E-state index contributed by atoms with van der Waals surface area (Å²) in [5.74, 6) is 0. The van der Waals surface area contributed by atoms with E-state index in [4.69, 9.17) is 11.6 Å². The van der Waals surface area contributed by atoms with E-state index in [1.54, 1.807) is 13.0 Å². The zero-order chi connectivity index (χ0) is 12.8. The minimum Gasteiger partial charge on any atom is -0.379 e. The second kappa shape index (κ2) is 6.39. The van der Waals surface area contributed by atoms with Crippen molar-refractivity contribution in [2.75, 3.05) is 11.9 Å². The number of unbranched alkanes of at least 4 members (excludes halogenated alkanes) is 2. The number of anilines is 1. The summed E-state index contributed by atoms with van der Waals surface area (Å²) in [7, 11) is 0. The number of nitrogens with one attached hydrogen (secondary N) is 1. The van der Waals surface area contributed by atoms with Gasteiger partial charge in [0.25, 0.3) is 0 Å². The molecule has 1 N–H and O–H groups in total. The van der Waals surface area contributed by atoms with Gasteiger partial charge in [-0.3, -0.25) is 10.1 Å². The SMILES string of the molecule is CCCCCNc1cc(C)nc(Cl)c1[N+](=O)[O-]. The van der Waals surface area contributed by atoms with Crippen molar-refractivity contribution in [2.24, 2.45) is 0 Å². The van der Waals surface area contributed by atoms with Gasteiger partial charge in [-0.25, -0.2) is 4.98 Å². The van der Waals surface area contributed by atoms with E-state index >= 15 is 0 Å². The third-order valence-corrected chi connectivity index (χ3v) is 2.62. The summed E-state index contributed by atoms with van der Waals surface area (Å²) < 4.78 is 0. The number of aromatic nitrogens is 1. The average Bonchev–Trinajstić information content (AvgIpc) is 2.22. The van der Waals surface area contributed by atoms with Crippen LogP contribution in [0.2, 0.25) is 5.15 Å². The van der Waals surface area contributed by atoms with Gasteiger partial charge in [-0.05, 0) is 19.4 Å². The highest BCUT2D eigenvalue weighted by molar-refractivity contribution is 6.32. The summed E-state index contributed by atoms with van der Waals surface area (Å²) >= 11 is 5.78. The number of rotatable bonds is 6. The molecule has 0 aliphatic rings. The molecule has 1 rings (SSSR count). The number of hydrogen-bond acceptors (Lipinski definition) is 4. The third kappa shape index (κ3) is 3.85. The highest BCUT2D eigenvalue weighted by Gasteiger charge is 2.20. The standard InChI is InChI=1S/C11H16ClN3O2/c1-3-4-5-6-13-9-7-8(2)14-11(12)10(9)15(16)17/h7H,3-6H2,1-2H3,(H,13,14). The van der Waals surface area contributed by atoms with E-state index in [2.05, 4.69) is 17.2 Å². The fraction of sp³-hybridized carbons (Fsp3) is 0.545. The van der Waals surface area contributed by atoms with Crippen molar-refractivity contribution < 1.29 is 4.92 Å². The van der Waals surface area contributed by atoms with Crippen LogP contribution in [0, 0.1) is 17.0 Å². The number of hydrogen-bond donors (Lipinski definition) is 1. The highest BCUT2D eigenvalue weighted by atomic mass is 35.5. The zero-order valence-corrected chi connectivity index (χ0v) is 10.8. The molecular formula is C11H16ClN3O2. The molecule has 0 radical (unpaired) electrons. The van der Waals surface area contributed by atoms with Crippen LogP contribution in [0.3, 0.4) is 0 Å². The van der Waals surface area contributed by atoms with Gasteiger partial charge in [0.05, 0.1) is 4.92 Å². The monoisotopic (exact) mass is 257 g/mol. The van der Waals surface area contributed by atoms with Crippen LogP contribution in [-0.4, -0.2) is 16.5 Å². The predicted octanol–water partition coefficient (Wildman–Crippen LogP) is 3.55. The van der Waals surface area contributed by atoms with Crippen LogP contribution in [-0.2, 0) is 0 Å². The van der Waals surface area contributed by atoms with Gasteiger partial charge >= 0.3 is 5.69 Å². The topological polar surface area (TPSA) is 68.1 Å². The van der Waals surface area contributed by atoms with Crippen molar-refractivity contribution in [3.8, 4) is 0 Å². The molecule has 0 spiro atoms. The summed E-state index contributed by atoms with van der Waals surface area (Å²) in [4.78, 5) is 14.3. The van der Waals surface area contributed by atoms with Gasteiger partial charge in [-0.2, -0.15) is 0 Å². The normalized spacial score (nSPS) is 10.3. The van der Waals surface area contributed by atoms with Crippen molar-refractivity contribution >= 4 is 23.0 Å². The molecule has 1 aromatic rings. The van der Waals surface area contributed by atoms with Crippen molar-refractivity contribution in [2.45, 2.75) is 33.1 Å². The quantitative estimate of drug-likeness (QED) is 0.366. The first-order chi connectivity index (χ1) is 8.06. The third-order valence-electron chi connectivity index (χ3n) is 2.36. The Morgan fingerprint density at radius 1 is 1.53 bits per heavy atom. The molecule has 0 aromatic carbocycles. The molecule has 0 unspecified atom stereocenters. The number of halogens is 1. The largest absolute Gasteiger partial charge is 0.379 e. The molecule has 1 aromatic heterocycles. The van der Waals surface area contributed by atoms with Crippen LogP contribution < -0.4 is 5.32 Å². The fourth-order valence-electron chi connectivity index (χ4n) is 1.53. The minimum absolute atomic E-state index is 0.0620. The second-order valence-electron chi connectivity index (χ2n) is 3.84. The molecule has 0 atom stereocenters. The maximum Gasteiger partial charge on any atom is 0.329 e. The Morgan fingerprint density at radius 2 is 2.24 bits per heavy atom. The smallest absolute Gasteiger partial charge is 0.329 e. The van der Waals surface area contributed by atoms with Gasteiger partial charge < -0.3 is 5.32 Å². The molecule has 0 bridgehead atoms. The Hall–Kier alpha value is -1.36. The van der Waals surface area contributed by atoms with Crippen LogP contribution in [0.5, 0.6) is 0 Å². The minimum atomic E-state index is -0.503. The lowest BCUT2D eigenvalue weighted by atomic mass is 10.2. The lowest BCUT2D eigenvalue weighted by Crippen LogP contribution is -2.06. The average molecular weight is 258 g/mol. The molecule has 17 heavy (non-hydrogen) atoms. The molecule has 0 aliphatic carbocycles. The Balaban J connectivity index is 2.85. The lowest BCUT2D eigenvalue weighted by Gasteiger charge is -2.08. The fourth-order valence-corrected chi connectivity index (χ4v) is 1.84. The van der Waals surface area contributed by atoms with E-state index in [-0.39, 0.29) is 10.8 Å². The molecular weight excluding hydrogens is 242 g/mol. The Labute approximate surface area is 105 Å². The number of nitro groups is 1. The van der Waals surface area contributed by atoms with Crippen molar-refractivity contribution in [3.05, 3.63) is 27.0 Å². The molecule has 0 saturated heterocycles. The maximum atomic E-state index is 10.9. The van der Waals surface area contributed by atoms with Gasteiger partial charge in [0, 0.05) is 12.2 Å². The summed E-state index contributed by atoms with van der Waals surface area (Å²) in [6.45, 7) is 4.57. The van der Waals surface area contributed by atoms with Crippen molar-refractivity contribution in [1.29, 1.82) is 0 Å². The summed E-state index contributed by atoms with van der Waals surface area (Å²) in [5, 5.41) is 13.9. The summed E-state index contributed by atoms with van der Waals surface area (Å²) in [6, 6.07) is 1.65. The van der Waals surface area contributed by atoms with Gasteiger partial charge in [0.2, 0.25) is 5.15 Å². The number of nitrogens with zero attached hydrogens (tertiary/aromatic N) is 2. The molecule has 6 heteroatoms. The summed E-state index contributed by atoms with van der Waals surface area (Å²) in [5.41, 5.74) is 0.968. The van der Waals surface area contributed by atoms with E-state index in [1.807, 2.05) is 0 Å². The Morgan fingerprint density at radius 3 is 2.82 bits per heavy atom. The second-order valence-corrected chi connectivity index (χ2v) is 4.20. The molecule has 0 amide bonds. The van der Waals surface area contributed by atoms with Gasteiger partial charge in [-0.15, -0.1) is 0 Å². The molecule has 0 fully saturated rings. The van der Waals surface area contributed by atoms with Gasteiger partial charge in [0.15, 0.2) is 0 Å². The van der Waals surface area contributed by atoms with Crippen LogP contribution in [0.1, 0.15) is 31.9 Å². The predicted molar refractivity (Wildman–Crippen MR) is 68.7 cm³/mol. The highest BCUT2D eigenvalue weighted by Crippen LogP contribution is 2.31. The first-order valence-electron chi connectivity index (χ1n) is 5.61. The van der Waals surface area contributed by atoms with E-state index in [9.17, 15) is 10.1 Å². The maximum absolute atomic E-state index is 10.9. The first-order valence-corrected chi connectivity index (χ1v) is 5.99. The number of aryl methyl sites for hydroxylation is 1. The molecule has 5 nitrogen and oxygen atoms in total. The van der Waals surface area contributed by atoms with Crippen LogP contribution in [0.4, 0.5) is 11.4 Å². The van der Waals surface area contributed by atoms with E-state index in [0.29, 0.717) is 17.9 Å². The molecule has 0 saturated carbocycles. The van der Waals surface area contributed by atoms with Crippen molar-refractivity contribution in [3.63, 3.8) is 0 Å². The van der Waals surface area contributed by atoms with Crippen LogP contribution in [0.15, 0.2) is 6.07 Å².